The molecule has 9 heteroatoms. The van der Waals surface area contributed by atoms with E-state index in [1.54, 1.807) is 30.3 Å². The van der Waals surface area contributed by atoms with Gasteiger partial charge in [0.25, 0.3) is 5.91 Å². The van der Waals surface area contributed by atoms with Gasteiger partial charge < -0.3 is 24.6 Å². The highest BCUT2D eigenvalue weighted by Crippen LogP contribution is 2.35. The molecule has 1 unspecified atom stereocenters. The number of aliphatic carboxylic acids is 1. The second-order valence-electron chi connectivity index (χ2n) is 10.9. The fraction of sp³-hybridized carbons (Fsp3) is 0.464. The third-order valence-corrected chi connectivity index (χ3v) is 5.96. The van der Waals surface area contributed by atoms with Gasteiger partial charge in [0.2, 0.25) is 0 Å². The molecule has 0 bridgehead atoms. The number of nitrogens with one attached hydrogen (secondary N) is 1. The number of rotatable bonds is 12. The van der Waals surface area contributed by atoms with Crippen LogP contribution in [0.5, 0.6) is 11.5 Å². The molecule has 37 heavy (non-hydrogen) atoms. The molecule has 3 rings (SSSR count). The molecular weight excluding hydrogens is 481 g/mol. The van der Waals surface area contributed by atoms with Crippen molar-refractivity contribution in [1.82, 2.24) is 5.32 Å². The topological polar surface area (TPSA) is 111 Å². The summed E-state index contributed by atoms with van der Waals surface area (Å²) in [5.74, 6) is -1.41. The number of hydrogen-bond donors (Lipinski definition) is 2. The number of carbonyl (C=O) groups is 3. The van der Waals surface area contributed by atoms with Gasteiger partial charge >= 0.3 is 5.97 Å². The number of ether oxygens (including phenoxy) is 3. The van der Waals surface area contributed by atoms with Gasteiger partial charge in [-0.05, 0) is 35.2 Å². The number of fused-ring (bicyclic) bond motifs is 1. The van der Waals surface area contributed by atoms with Crippen LogP contribution in [-0.2, 0) is 14.3 Å². The highest BCUT2D eigenvalue weighted by atomic mass is 19.1. The van der Waals surface area contributed by atoms with E-state index >= 15 is 0 Å². The molecular formula is C28H34FNO7. The summed E-state index contributed by atoms with van der Waals surface area (Å²) in [6, 6.07) is 10.6. The molecule has 1 amide bonds. The fourth-order valence-corrected chi connectivity index (χ4v) is 3.95. The number of halogens is 1. The number of carboxylic acid groups (broad SMARTS) is 1. The summed E-state index contributed by atoms with van der Waals surface area (Å²) in [4.78, 5) is 36.2. The molecule has 2 N–H and O–H groups in total. The van der Waals surface area contributed by atoms with Crippen LogP contribution in [0.15, 0.2) is 42.5 Å². The van der Waals surface area contributed by atoms with Gasteiger partial charge in [0.1, 0.15) is 23.9 Å². The van der Waals surface area contributed by atoms with Crippen molar-refractivity contribution >= 4 is 17.7 Å². The summed E-state index contributed by atoms with van der Waals surface area (Å²) >= 11 is 0. The predicted octanol–water partition coefficient (Wildman–Crippen LogP) is 4.22. The number of hydrogen-bond acceptors (Lipinski definition) is 6. The normalized spacial score (nSPS) is 15.5. The number of carbonyl (C=O) groups excluding carboxylic acids is 2. The molecule has 1 heterocycles. The van der Waals surface area contributed by atoms with Crippen LogP contribution in [0, 0.1) is 16.6 Å². The maximum Gasteiger partial charge on any atom is 0.303 e. The Balaban J connectivity index is 1.46. The Morgan fingerprint density at radius 2 is 1.76 bits per heavy atom. The summed E-state index contributed by atoms with van der Waals surface area (Å²) in [6.45, 7) is 8.46. The van der Waals surface area contributed by atoms with Crippen LogP contribution in [0.4, 0.5) is 4.39 Å². The quantitative estimate of drug-likeness (QED) is 0.435. The van der Waals surface area contributed by atoms with Crippen molar-refractivity contribution in [2.24, 2.45) is 10.8 Å². The van der Waals surface area contributed by atoms with Gasteiger partial charge in [0, 0.05) is 18.0 Å². The first-order chi connectivity index (χ1) is 17.3. The van der Waals surface area contributed by atoms with Crippen molar-refractivity contribution in [3.8, 4) is 11.5 Å². The van der Waals surface area contributed by atoms with Gasteiger partial charge in [0.15, 0.2) is 12.4 Å². The van der Waals surface area contributed by atoms with Gasteiger partial charge in [-0.3, -0.25) is 14.4 Å². The number of amides is 1. The molecule has 1 atom stereocenters. The van der Waals surface area contributed by atoms with E-state index in [0.29, 0.717) is 42.4 Å². The van der Waals surface area contributed by atoms with Gasteiger partial charge in [-0.1, -0.05) is 39.8 Å². The second-order valence-corrected chi connectivity index (χ2v) is 10.9. The number of benzene rings is 2. The van der Waals surface area contributed by atoms with Crippen LogP contribution >= 0.6 is 0 Å². The zero-order valence-corrected chi connectivity index (χ0v) is 21.6. The Morgan fingerprint density at radius 1 is 1.08 bits per heavy atom. The van der Waals surface area contributed by atoms with Crippen molar-refractivity contribution in [2.45, 2.75) is 40.0 Å². The Labute approximate surface area is 216 Å². The lowest BCUT2D eigenvalue weighted by Gasteiger charge is -2.28. The van der Waals surface area contributed by atoms with Gasteiger partial charge in [-0.15, -0.1) is 0 Å². The van der Waals surface area contributed by atoms with Crippen LogP contribution in [0.25, 0.3) is 0 Å². The molecule has 2 aromatic carbocycles. The van der Waals surface area contributed by atoms with E-state index in [1.807, 2.05) is 27.7 Å². The lowest BCUT2D eigenvalue weighted by atomic mass is 9.89. The molecule has 1 aliphatic heterocycles. The van der Waals surface area contributed by atoms with Gasteiger partial charge in [0.05, 0.1) is 31.1 Å². The maximum atomic E-state index is 13.2. The SMILES string of the molecule is CC(C)(CNC(=O)COc1ccc2c(c1)OCC(c1ccc(F)cc1)C2=O)COCC(C)(C)CC(=O)O. The zero-order valence-electron chi connectivity index (χ0n) is 21.6. The van der Waals surface area contributed by atoms with Crippen molar-refractivity contribution in [1.29, 1.82) is 0 Å². The van der Waals surface area contributed by atoms with E-state index in [4.69, 9.17) is 19.3 Å². The second kappa shape index (κ2) is 11.7. The molecule has 0 aliphatic carbocycles. The Hall–Kier alpha value is -3.46. The standard InChI is InChI=1S/C28H34FNO7/c1-27(2,12-25(32)33)16-35-17-28(3,4)15-30-24(31)14-36-20-9-10-21-23(11-20)37-13-22(26(21)34)18-5-7-19(29)8-6-18/h5-11,22H,12-17H2,1-4H3,(H,30,31)(H,32,33). The third-order valence-electron chi connectivity index (χ3n) is 5.96. The zero-order chi connectivity index (χ0) is 27.2. The maximum absolute atomic E-state index is 13.2. The van der Waals surface area contributed by atoms with Crippen LogP contribution in [-0.4, -0.2) is 55.7 Å². The average molecular weight is 516 g/mol. The minimum Gasteiger partial charge on any atom is -0.492 e. The van der Waals surface area contributed by atoms with Crippen LogP contribution in [0.1, 0.15) is 56.0 Å². The predicted molar refractivity (Wildman–Crippen MR) is 135 cm³/mol. The summed E-state index contributed by atoms with van der Waals surface area (Å²) in [5.41, 5.74) is 0.247. The summed E-state index contributed by atoms with van der Waals surface area (Å²) in [6.07, 6.45) is 0.0121. The lowest BCUT2D eigenvalue weighted by Crippen LogP contribution is -2.39. The average Bonchev–Trinajstić information content (AvgIpc) is 2.81. The number of ketones is 1. The first-order valence-corrected chi connectivity index (χ1v) is 12.1. The van der Waals surface area contributed by atoms with E-state index in [-0.39, 0.29) is 42.6 Å². The molecule has 2 aromatic rings. The molecule has 0 spiro atoms. The van der Waals surface area contributed by atoms with Crippen LogP contribution < -0.4 is 14.8 Å². The van der Waals surface area contributed by atoms with E-state index in [9.17, 15) is 18.8 Å². The fourth-order valence-electron chi connectivity index (χ4n) is 3.95. The molecule has 0 saturated carbocycles. The minimum absolute atomic E-state index is 0.0121. The smallest absolute Gasteiger partial charge is 0.303 e. The Bertz CT molecular complexity index is 1130. The largest absolute Gasteiger partial charge is 0.492 e. The lowest BCUT2D eigenvalue weighted by molar-refractivity contribution is -0.140. The molecule has 0 radical (unpaired) electrons. The van der Waals surface area contributed by atoms with E-state index in [2.05, 4.69) is 5.32 Å². The van der Waals surface area contributed by atoms with Gasteiger partial charge in [-0.2, -0.15) is 0 Å². The van der Waals surface area contributed by atoms with Crippen molar-refractivity contribution in [3.05, 3.63) is 59.4 Å². The molecule has 0 saturated heterocycles. The molecule has 200 valence electrons. The Kier molecular flexibility index (Phi) is 8.91. The molecule has 0 aromatic heterocycles. The number of Topliss-reactive ketones (excluding diaryl/α,β-unsaturated/α-hetero) is 1. The third kappa shape index (κ3) is 8.28. The first-order valence-electron chi connectivity index (χ1n) is 12.1. The summed E-state index contributed by atoms with van der Waals surface area (Å²) in [7, 11) is 0. The van der Waals surface area contributed by atoms with Gasteiger partial charge in [-0.25, -0.2) is 4.39 Å². The molecule has 1 aliphatic rings. The van der Waals surface area contributed by atoms with E-state index < -0.39 is 17.3 Å². The summed E-state index contributed by atoms with van der Waals surface area (Å²) < 4.78 is 30.3. The van der Waals surface area contributed by atoms with Crippen molar-refractivity contribution in [2.75, 3.05) is 33.0 Å². The molecule has 8 nitrogen and oxygen atoms in total. The number of carboxylic acids is 1. The highest BCUT2D eigenvalue weighted by Gasteiger charge is 2.30. The highest BCUT2D eigenvalue weighted by molar-refractivity contribution is 6.04. The monoisotopic (exact) mass is 515 g/mol. The van der Waals surface area contributed by atoms with E-state index in [1.165, 1.54) is 12.1 Å². The first kappa shape index (κ1) is 28.1. The van der Waals surface area contributed by atoms with Crippen LogP contribution in [0.2, 0.25) is 0 Å². The van der Waals surface area contributed by atoms with Crippen molar-refractivity contribution < 1.29 is 38.1 Å². The summed E-state index contributed by atoms with van der Waals surface area (Å²) in [5, 5.41) is 11.8. The van der Waals surface area contributed by atoms with Crippen molar-refractivity contribution in [3.63, 3.8) is 0 Å². The molecule has 0 fully saturated rings. The minimum atomic E-state index is -0.869. The Morgan fingerprint density at radius 3 is 2.43 bits per heavy atom. The van der Waals surface area contributed by atoms with Crippen LogP contribution in [0.3, 0.4) is 0 Å². The van der Waals surface area contributed by atoms with E-state index in [0.717, 1.165) is 0 Å².